The largest absolute Gasteiger partial charge is 0.384 e. The lowest BCUT2D eigenvalue weighted by Gasteiger charge is -2.51. The number of anilines is 1. The van der Waals surface area contributed by atoms with E-state index in [-0.39, 0.29) is 5.54 Å². The van der Waals surface area contributed by atoms with Crippen molar-refractivity contribution >= 4 is 5.95 Å². The molecule has 2 fully saturated rings. The molecule has 19 heavy (non-hydrogen) atoms. The minimum atomic E-state index is -0.392. The van der Waals surface area contributed by atoms with Crippen LogP contribution >= 0.6 is 0 Å². The van der Waals surface area contributed by atoms with Gasteiger partial charge in [0.05, 0.1) is 24.5 Å². The summed E-state index contributed by atoms with van der Waals surface area (Å²) in [5.74, 6) is 0.832. The number of hydrogen-bond acceptors (Lipinski definition) is 5. The van der Waals surface area contributed by atoms with E-state index in [4.69, 9.17) is 4.74 Å². The predicted octanol–water partition coefficient (Wildman–Crippen LogP) is 0.773. The summed E-state index contributed by atoms with van der Waals surface area (Å²) in [6, 6.07) is 0. The van der Waals surface area contributed by atoms with Crippen molar-refractivity contribution in [1.82, 2.24) is 14.9 Å². The molecule has 1 aromatic heterocycles. The molecule has 1 atom stereocenters. The molecule has 1 aromatic rings. The smallest absolute Gasteiger partial charge is 0.225 e. The summed E-state index contributed by atoms with van der Waals surface area (Å²) in [6.45, 7) is 3.72. The van der Waals surface area contributed by atoms with Crippen molar-refractivity contribution in [2.24, 2.45) is 5.92 Å². The van der Waals surface area contributed by atoms with Crippen LogP contribution in [0.5, 0.6) is 0 Å². The normalized spacial score (nSPS) is 25.8. The fourth-order valence-electron chi connectivity index (χ4n) is 3.33. The molecule has 3 rings (SSSR count). The fourth-order valence-corrected chi connectivity index (χ4v) is 3.33. The summed E-state index contributed by atoms with van der Waals surface area (Å²) in [4.78, 5) is 12.6. The van der Waals surface area contributed by atoms with Crippen LogP contribution in [0.4, 0.5) is 10.3 Å². The van der Waals surface area contributed by atoms with Crippen LogP contribution in [0.3, 0.4) is 0 Å². The summed E-state index contributed by atoms with van der Waals surface area (Å²) < 4.78 is 18.1. The molecule has 0 aromatic carbocycles. The molecule has 0 N–H and O–H groups in total. The molecule has 0 radical (unpaired) electrons. The summed E-state index contributed by atoms with van der Waals surface area (Å²) in [5, 5.41) is 0. The lowest BCUT2D eigenvalue weighted by atomic mass is 9.85. The van der Waals surface area contributed by atoms with Gasteiger partial charge in [-0.2, -0.15) is 0 Å². The van der Waals surface area contributed by atoms with Crippen LogP contribution in [0.2, 0.25) is 0 Å². The first-order valence-electron chi connectivity index (χ1n) is 6.56. The van der Waals surface area contributed by atoms with E-state index in [2.05, 4.69) is 26.8 Å². The first-order chi connectivity index (χ1) is 9.13. The van der Waals surface area contributed by atoms with Gasteiger partial charge in [-0.3, -0.25) is 4.90 Å². The number of aromatic nitrogens is 2. The Morgan fingerprint density at radius 2 is 2.11 bits per heavy atom. The van der Waals surface area contributed by atoms with E-state index in [9.17, 15) is 4.39 Å². The van der Waals surface area contributed by atoms with Gasteiger partial charge in [0.2, 0.25) is 5.95 Å². The molecule has 5 nitrogen and oxygen atoms in total. The minimum Gasteiger partial charge on any atom is -0.384 e. The minimum absolute atomic E-state index is 0.223. The maximum absolute atomic E-state index is 12.8. The third-order valence-electron chi connectivity index (χ3n) is 4.27. The van der Waals surface area contributed by atoms with Crippen molar-refractivity contribution in [3.8, 4) is 0 Å². The molecule has 2 aliphatic rings. The van der Waals surface area contributed by atoms with Crippen molar-refractivity contribution < 1.29 is 9.13 Å². The lowest BCUT2D eigenvalue weighted by molar-refractivity contribution is 0.131. The number of ether oxygens (including phenoxy) is 1. The summed E-state index contributed by atoms with van der Waals surface area (Å²) in [6.07, 6.45) is 3.59. The quantitative estimate of drug-likeness (QED) is 0.808. The second-order valence-corrected chi connectivity index (χ2v) is 5.69. The number of likely N-dealkylation sites (tertiary alicyclic amines) is 1. The molecular weight excluding hydrogens is 247 g/mol. The van der Waals surface area contributed by atoms with Crippen LogP contribution in [0.25, 0.3) is 0 Å². The number of rotatable bonds is 3. The van der Waals surface area contributed by atoms with E-state index in [1.54, 1.807) is 7.11 Å². The van der Waals surface area contributed by atoms with Gasteiger partial charge in [-0.1, -0.05) is 0 Å². The molecule has 0 unspecified atom stereocenters. The van der Waals surface area contributed by atoms with Crippen LogP contribution in [-0.4, -0.2) is 60.8 Å². The summed E-state index contributed by atoms with van der Waals surface area (Å²) >= 11 is 0. The van der Waals surface area contributed by atoms with Gasteiger partial charge in [-0.25, -0.2) is 14.4 Å². The first kappa shape index (κ1) is 12.7. The Labute approximate surface area is 112 Å². The van der Waals surface area contributed by atoms with E-state index < -0.39 is 5.82 Å². The molecule has 0 bridgehead atoms. The highest BCUT2D eigenvalue weighted by Gasteiger charge is 2.52. The highest BCUT2D eigenvalue weighted by Crippen LogP contribution is 2.40. The first-order valence-corrected chi connectivity index (χ1v) is 6.56. The van der Waals surface area contributed by atoms with Gasteiger partial charge in [-0.15, -0.1) is 0 Å². The molecule has 6 heteroatoms. The molecule has 1 spiro atoms. The summed E-state index contributed by atoms with van der Waals surface area (Å²) in [7, 11) is 3.92. The standard InChI is InChI=1S/C13H19FN4O/c1-17-6-10(7-19-2)3-13(17)8-18(9-13)12-15-4-11(14)5-16-12/h4-5,10H,3,6-9H2,1-2H3/t10-/m0/s1. The Kier molecular flexibility index (Phi) is 3.14. The predicted molar refractivity (Wildman–Crippen MR) is 69.5 cm³/mol. The van der Waals surface area contributed by atoms with Crippen LogP contribution in [0.1, 0.15) is 6.42 Å². The molecular formula is C13H19FN4O. The van der Waals surface area contributed by atoms with E-state index >= 15 is 0 Å². The Morgan fingerprint density at radius 3 is 2.74 bits per heavy atom. The van der Waals surface area contributed by atoms with Crippen molar-refractivity contribution in [1.29, 1.82) is 0 Å². The van der Waals surface area contributed by atoms with Crippen molar-refractivity contribution in [2.75, 3.05) is 45.3 Å². The molecule has 3 heterocycles. The van der Waals surface area contributed by atoms with Crippen LogP contribution in [-0.2, 0) is 4.74 Å². The summed E-state index contributed by atoms with van der Waals surface area (Å²) in [5.41, 5.74) is 0.223. The highest BCUT2D eigenvalue weighted by atomic mass is 19.1. The SMILES string of the molecule is COC[C@@H]1CN(C)C2(C1)CN(c1ncc(F)cn1)C2. The number of methoxy groups -OCH3 is 1. The van der Waals surface area contributed by atoms with Crippen LogP contribution in [0.15, 0.2) is 12.4 Å². The molecule has 0 amide bonds. The van der Waals surface area contributed by atoms with Gasteiger partial charge in [0.25, 0.3) is 0 Å². The zero-order valence-electron chi connectivity index (χ0n) is 11.3. The second-order valence-electron chi connectivity index (χ2n) is 5.69. The molecule has 0 saturated carbocycles. The van der Waals surface area contributed by atoms with Crippen molar-refractivity contribution in [2.45, 2.75) is 12.0 Å². The number of halogens is 1. The lowest BCUT2D eigenvalue weighted by Crippen LogP contribution is -2.67. The van der Waals surface area contributed by atoms with Gasteiger partial charge in [-0.05, 0) is 19.4 Å². The average molecular weight is 266 g/mol. The number of nitrogens with zero attached hydrogens (tertiary/aromatic N) is 4. The van der Waals surface area contributed by atoms with E-state index in [0.717, 1.165) is 32.7 Å². The topological polar surface area (TPSA) is 41.5 Å². The Bertz CT molecular complexity index is 446. The van der Waals surface area contributed by atoms with Gasteiger partial charge in [0.1, 0.15) is 0 Å². The Balaban J connectivity index is 1.64. The van der Waals surface area contributed by atoms with Crippen LogP contribution < -0.4 is 4.90 Å². The van der Waals surface area contributed by atoms with E-state index in [1.165, 1.54) is 12.4 Å². The monoisotopic (exact) mass is 266 g/mol. The van der Waals surface area contributed by atoms with Gasteiger partial charge >= 0.3 is 0 Å². The maximum Gasteiger partial charge on any atom is 0.225 e. The molecule has 104 valence electrons. The highest BCUT2D eigenvalue weighted by molar-refractivity contribution is 5.38. The van der Waals surface area contributed by atoms with Crippen LogP contribution in [0, 0.1) is 11.7 Å². The van der Waals surface area contributed by atoms with Gasteiger partial charge in [0.15, 0.2) is 5.82 Å². The zero-order chi connectivity index (χ0) is 13.5. The third kappa shape index (κ3) is 2.19. The van der Waals surface area contributed by atoms with Gasteiger partial charge < -0.3 is 9.64 Å². The number of hydrogen-bond donors (Lipinski definition) is 0. The zero-order valence-corrected chi connectivity index (χ0v) is 11.3. The third-order valence-corrected chi connectivity index (χ3v) is 4.27. The molecule has 0 aliphatic carbocycles. The second kappa shape index (κ2) is 4.68. The Hall–Kier alpha value is -1.27. The molecule has 2 aliphatic heterocycles. The van der Waals surface area contributed by atoms with E-state index in [0.29, 0.717) is 11.9 Å². The van der Waals surface area contributed by atoms with Gasteiger partial charge in [0, 0.05) is 26.7 Å². The van der Waals surface area contributed by atoms with Crippen molar-refractivity contribution in [3.05, 3.63) is 18.2 Å². The Morgan fingerprint density at radius 1 is 1.42 bits per heavy atom. The molecule has 2 saturated heterocycles. The average Bonchev–Trinajstić information content (AvgIpc) is 2.66. The fraction of sp³-hybridized carbons (Fsp3) is 0.692. The number of likely N-dealkylation sites (N-methyl/N-ethyl adjacent to an activating group) is 1. The maximum atomic E-state index is 12.8. The van der Waals surface area contributed by atoms with E-state index in [1.807, 2.05) is 0 Å². The van der Waals surface area contributed by atoms with Crippen molar-refractivity contribution in [3.63, 3.8) is 0 Å².